The molecule has 1 N–H and O–H groups in total. The Bertz CT molecular complexity index is 445. The van der Waals surface area contributed by atoms with Crippen LogP contribution in [0, 0.1) is 6.92 Å². The SMILES string of the molecule is Cc1ccc(Cn2cc(C(C)O)nn2)o1. The molecule has 2 aromatic heterocycles. The van der Waals surface area contributed by atoms with Gasteiger partial charge in [-0.2, -0.15) is 0 Å². The summed E-state index contributed by atoms with van der Waals surface area (Å²) in [4.78, 5) is 0. The largest absolute Gasteiger partial charge is 0.464 e. The first-order chi connectivity index (χ1) is 7.15. The molecule has 0 radical (unpaired) electrons. The van der Waals surface area contributed by atoms with Crippen LogP contribution in [0.4, 0.5) is 0 Å². The van der Waals surface area contributed by atoms with Crippen molar-refractivity contribution < 1.29 is 9.52 Å². The second-order valence-electron chi connectivity index (χ2n) is 3.53. The van der Waals surface area contributed by atoms with Crippen LogP contribution in [-0.2, 0) is 6.54 Å². The van der Waals surface area contributed by atoms with Crippen LogP contribution in [0.15, 0.2) is 22.7 Å². The highest BCUT2D eigenvalue weighted by Gasteiger charge is 2.07. The van der Waals surface area contributed by atoms with Crippen LogP contribution in [0.25, 0.3) is 0 Å². The zero-order valence-corrected chi connectivity index (χ0v) is 8.71. The number of hydrogen-bond acceptors (Lipinski definition) is 4. The Morgan fingerprint density at radius 1 is 1.53 bits per heavy atom. The fourth-order valence-electron chi connectivity index (χ4n) is 1.31. The molecule has 0 bridgehead atoms. The van der Waals surface area contributed by atoms with Gasteiger partial charge in [0.25, 0.3) is 0 Å². The number of aromatic nitrogens is 3. The van der Waals surface area contributed by atoms with Crippen LogP contribution in [0.3, 0.4) is 0 Å². The highest BCUT2D eigenvalue weighted by atomic mass is 16.3. The van der Waals surface area contributed by atoms with Crippen LogP contribution in [0.1, 0.15) is 30.2 Å². The molecule has 15 heavy (non-hydrogen) atoms. The van der Waals surface area contributed by atoms with E-state index < -0.39 is 6.10 Å². The van der Waals surface area contributed by atoms with E-state index in [0.717, 1.165) is 11.5 Å². The lowest BCUT2D eigenvalue weighted by atomic mass is 10.3. The molecule has 2 aromatic rings. The first-order valence-corrected chi connectivity index (χ1v) is 4.78. The monoisotopic (exact) mass is 207 g/mol. The average molecular weight is 207 g/mol. The summed E-state index contributed by atoms with van der Waals surface area (Å²) in [5.74, 6) is 1.70. The minimum atomic E-state index is -0.586. The van der Waals surface area contributed by atoms with Crippen molar-refractivity contribution in [3.8, 4) is 0 Å². The second-order valence-corrected chi connectivity index (χ2v) is 3.53. The van der Waals surface area contributed by atoms with E-state index in [1.165, 1.54) is 0 Å². The van der Waals surface area contributed by atoms with Crippen molar-refractivity contribution in [3.63, 3.8) is 0 Å². The Morgan fingerprint density at radius 3 is 2.87 bits per heavy atom. The Morgan fingerprint density at radius 2 is 2.33 bits per heavy atom. The highest BCUT2D eigenvalue weighted by molar-refractivity contribution is 5.06. The molecule has 5 heteroatoms. The lowest BCUT2D eigenvalue weighted by molar-refractivity contribution is 0.194. The van der Waals surface area contributed by atoms with Crippen LogP contribution in [0.5, 0.6) is 0 Å². The molecule has 0 saturated carbocycles. The molecule has 2 rings (SSSR count). The van der Waals surface area contributed by atoms with Crippen LogP contribution >= 0.6 is 0 Å². The van der Waals surface area contributed by atoms with E-state index in [0.29, 0.717) is 12.2 Å². The zero-order valence-electron chi connectivity index (χ0n) is 8.71. The third-order valence-corrected chi connectivity index (χ3v) is 2.10. The summed E-state index contributed by atoms with van der Waals surface area (Å²) in [7, 11) is 0. The lowest BCUT2D eigenvalue weighted by Gasteiger charge is -1.96. The van der Waals surface area contributed by atoms with E-state index in [-0.39, 0.29) is 0 Å². The summed E-state index contributed by atoms with van der Waals surface area (Å²) in [5.41, 5.74) is 0.568. The van der Waals surface area contributed by atoms with Crippen molar-refractivity contribution in [2.75, 3.05) is 0 Å². The van der Waals surface area contributed by atoms with Crippen molar-refractivity contribution >= 4 is 0 Å². The van der Waals surface area contributed by atoms with E-state index in [1.54, 1.807) is 17.8 Å². The predicted molar refractivity (Wildman–Crippen MR) is 53.2 cm³/mol. The molecule has 0 fully saturated rings. The summed E-state index contributed by atoms with van der Waals surface area (Å²) in [6.45, 7) is 4.09. The number of furan rings is 1. The van der Waals surface area contributed by atoms with Crippen molar-refractivity contribution in [2.45, 2.75) is 26.5 Å². The number of aryl methyl sites for hydroxylation is 1. The van der Waals surface area contributed by atoms with Crippen LogP contribution in [0.2, 0.25) is 0 Å². The van der Waals surface area contributed by atoms with Crippen molar-refractivity contribution in [1.82, 2.24) is 15.0 Å². The molecule has 0 saturated heterocycles. The molecule has 0 amide bonds. The molecular formula is C10H13N3O2. The molecule has 80 valence electrons. The minimum Gasteiger partial charge on any atom is -0.464 e. The molecule has 2 heterocycles. The van der Waals surface area contributed by atoms with E-state index >= 15 is 0 Å². The Kier molecular flexibility index (Phi) is 2.55. The summed E-state index contributed by atoms with van der Waals surface area (Å²) in [5, 5.41) is 17.0. The summed E-state index contributed by atoms with van der Waals surface area (Å²) >= 11 is 0. The maximum absolute atomic E-state index is 9.27. The number of aliphatic hydroxyl groups is 1. The average Bonchev–Trinajstić information content (AvgIpc) is 2.76. The van der Waals surface area contributed by atoms with Gasteiger partial charge in [-0.15, -0.1) is 5.10 Å². The molecule has 0 aliphatic rings. The molecule has 0 spiro atoms. The van der Waals surface area contributed by atoms with Gasteiger partial charge in [0.15, 0.2) is 0 Å². The predicted octanol–water partition coefficient (Wildman–Crippen LogP) is 1.28. The van der Waals surface area contributed by atoms with Crippen LogP contribution in [-0.4, -0.2) is 20.1 Å². The Hall–Kier alpha value is -1.62. The number of rotatable bonds is 3. The Labute approximate surface area is 87.3 Å². The smallest absolute Gasteiger partial charge is 0.125 e. The van der Waals surface area contributed by atoms with Gasteiger partial charge in [-0.05, 0) is 26.0 Å². The van der Waals surface area contributed by atoms with Gasteiger partial charge in [0.1, 0.15) is 23.8 Å². The third kappa shape index (κ3) is 2.24. The van der Waals surface area contributed by atoms with Gasteiger partial charge in [0.05, 0.1) is 12.3 Å². The fraction of sp³-hybridized carbons (Fsp3) is 0.400. The highest BCUT2D eigenvalue weighted by Crippen LogP contribution is 2.10. The summed E-state index contributed by atoms with van der Waals surface area (Å²) < 4.78 is 7.05. The fourth-order valence-corrected chi connectivity index (χ4v) is 1.31. The van der Waals surface area contributed by atoms with Gasteiger partial charge >= 0.3 is 0 Å². The summed E-state index contributed by atoms with van der Waals surface area (Å²) in [6.07, 6.45) is 1.12. The van der Waals surface area contributed by atoms with Crippen LogP contribution < -0.4 is 0 Å². The second kappa shape index (κ2) is 3.86. The topological polar surface area (TPSA) is 64.1 Å². The molecule has 1 atom stereocenters. The maximum Gasteiger partial charge on any atom is 0.125 e. The van der Waals surface area contributed by atoms with Gasteiger partial charge in [0, 0.05) is 0 Å². The van der Waals surface area contributed by atoms with Crippen molar-refractivity contribution in [3.05, 3.63) is 35.5 Å². The minimum absolute atomic E-state index is 0.535. The van der Waals surface area contributed by atoms with Gasteiger partial charge in [-0.1, -0.05) is 5.21 Å². The van der Waals surface area contributed by atoms with E-state index in [1.807, 2.05) is 19.1 Å². The molecule has 0 aliphatic carbocycles. The molecular weight excluding hydrogens is 194 g/mol. The summed E-state index contributed by atoms with van der Waals surface area (Å²) in [6, 6.07) is 3.81. The third-order valence-electron chi connectivity index (χ3n) is 2.10. The molecule has 1 unspecified atom stereocenters. The van der Waals surface area contributed by atoms with E-state index in [2.05, 4.69) is 10.3 Å². The van der Waals surface area contributed by atoms with Gasteiger partial charge < -0.3 is 9.52 Å². The molecule has 5 nitrogen and oxygen atoms in total. The van der Waals surface area contributed by atoms with Crippen molar-refractivity contribution in [2.24, 2.45) is 0 Å². The lowest BCUT2D eigenvalue weighted by Crippen LogP contribution is -1.98. The molecule has 0 aromatic carbocycles. The van der Waals surface area contributed by atoms with Gasteiger partial charge in [0.2, 0.25) is 0 Å². The Balaban J connectivity index is 2.11. The quantitative estimate of drug-likeness (QED) is 0.823. The van der Waals surface area contributed by atoms with Crippen molar-refractivity contribution in [1.29, 1.82) is 0 Å². The number of hydrogen-bond donors (Lipinski definition) is 1. The zero-order chi connectivity index (χ0) is 10.8. The normalized spacial score (nSPS) is 13.0. The number of aliphatic hydroxyl groups excluding tert-OH is 1. The maximum atomic E-state index is 9.27. The van der Waals surface area contributed by atoms with E-state index in [9.17, 15) is 5.11 Å². The number of nitrogens with zero attached hydrogens (tertiary/aromatic N) is 3. The first-order valence-electron chi connectivity index (χ1n) is 4.78. The van der Waals surface area contributed by atoms with Gasteiger partial charge in [-0.25, -0.2) is 4.68 Å². The molecule has 0 aliphatic heterocycles. The van der Waals surface area contributed by atoms with E-state index in [4.69, 9.17) is 4.42 Å². The standard InChI is InChI=1S/C10H13N3O2/c1-7-3-4-9(15-7)5-13-6-10(8(2)14)11-12-13/h3-4,6,8,14H,5H2,1-2H3. The first kappa shape index (κ1) is 9.92. The van der Waals surface area contributed by atoms with Gasteiger partial charge in [-0.3, -0.25) is 0 Å².